The molecule has 0 heterocycles. The smallest absolute Gasteiger partial charge is 0.0713 e. The Labute approximate surface area is 122 Å². The van der Waals surface area contributed by atoms with E-state index in [1.165, 1.54) is 11.1 Å². The molecule has 1 aromatic carbocycles. The Balaban J connectivity index is 1.98. The number of unbranched alkanes of at least 4 members (excludes halogenated alkanes) is 1. The highest BCUT2D eigenvalue weighted by Gasteiger charge is 1.95. The third kappa shape index (κ3) is 8.27. The lowest BCUT2D eigenvalue weighted by Gasteiger charge is -2.07. The fourth-order valence-electron chi connectivity index (χ4n) is 1.85. The van der Waals surface area contributed by atoms with Crippen LogP contribution in [0.2, 0.25) is 0 Å². The van der Waals surface area contributed by atoms with E-state index in [0.29, 0.717) is 19.8 Å². The first-order chi connectivity index (χ1) is 9.86. The molecule has 0 aromatic heterocycles. The Bertz CT molecular complexity index is 327. The quantitative estimate of drug-likeness (QED) is 0.597. The molecule has 114 valence electrons. The van der Waals surface area contributed by atoms with Crippen LogP contribution in [0.15, 0.2) is 24.3 Å². The number of rotatable bonds is 12. The molecular weight excluding hydrogens is 254 g/mol. The van der Waals surface area contributed by atoms with Crippen LogP contribution >= 0.6 is 0 Å². The SMILES string of the molecule is COCCOCCCCNCc1ccc(COC)cc1. The van der Waals surface area contributed by atoms with Crippen LogP contribution in [0.5, 0.6) is 0 Å². The molecule has 4 nitrogen and oxygen atoms in total. The van der Waals surface area contributed by atoms with Crippen molar-refractivity contribution in [3.8, 4) is 0 Å². The number of hydrogen-bond donors (Lipinski definition) is 1. The van der Waals surface area contributed by atoms with Gasteiger partial charge >= 0.3 is 0 Å². The minimum absolute atomic E-state index is 0.677. The van der Waals surface area contributed by atoms with Gasteiger partial charge in [-0.25, -0.2) is 0 Å². The standard InChI is InChI=1S/C16H27NO3/c1-18-11-12-20-10-4-3-9-17-13-15-5-7-16(8-6-15)14-19-2/h5-8,17H,3-4,9-14H2,1-2H3. The van der Waals surface area contributed by atoms with Crippen molar-refractivity contribution in [3.05, 3.63) is 35.4 Å². The average molecular weight is 281 g/mol. The Morgan fingerprint density at radius 1 is 0.850 bits per heavy atom. The Hall–Kier alpha value is -0.940. The number of nitrogens with one attached hydrogen (secondary N) is 1. The number of benzene rings is 1. The highest BCUT2D eigenvalue weighted by molar-refractivity contribution is 5.21. The van der Waals surface area contributed by atoms with Crippen molar-refractivity contribution in [2.24, 2.45) is 0 Å². The molecule has 0 spiro atoms. The van der Waals surface area contributed by atoms with Crippen LogP contribution in [0.25, 0.3) is 0 Å². The van der Waals surface area contributed by atoms with Crippen molar-refractivity contribution >= 4 is 0 Å². The molecule has 0 radical (unpaired) electrons. The van der Waals surface area contributed by atoms with Gasteiger partial charge < -0.3 is 19.5 Å². The van der Waals surface area contributed by atoms with Crippen LogP contribution < -0.4 is 5.32 Å². The van der Waals surface area contributed by atoms with Gasteiger partial charge in [-0.15, -0.1) is 0 Å². The van der Waals surface area contributed by atoms with E-state index in [-0.39, 0.29) is 0 Å². The van der Waals surface area contributed by atoms with E-state index in [4.69, 9.17) is 14.2 Å². The molecule has 0 aliphatic rings. The first kappa shape index (κ1) is 17.1. The number of methoxy groups -OCH3 is 2. The molecule has 1 aromatic rings. The van der Waals surface area contributed by atoms with Crippen molar-refractivity contribution in [1.82, 2.24) is 5.32 Å². The molecular formula is C16H27NO3. The monoisotopic (exact) mass is 281 g/mol. The van der Waals surface area contributed by atoms with Crippen LogP contribution in [-0.2, 0) is 27.4 Å². The molecule has 4 heteroatoms. The Kier molecular flexibility index (Phi) is 10.1. The fourth-order valence-corrected chi connectivity index (χ4v) is 1.85. The summed E-state index contributed by atoms with van der Waals surface area (Å²) in [5, 5.41) is 3.44. The first-order valence-electron chi connectivity index (χ1n) is 7.21. The molecule has 0 saturated heterocycles. The normalized spacial score (nSPS) is 10.9. The lowest BCUT2D eigenvalue weighted by atomic mass is 10.1. The number of ether oxygens (including phenoxy) is 3. The lowest BCUT2D eigenvalue weighted by Crippen LogP contribution is -2.15. The van der Waals surface area contributed by atoms with Crippen LogP contribution in [-0.4, -0.2) is 40.6 Å². The summed E-state index contributed by atoms with van der Waals surface area (Å²) in [5.74, 6) is 0. The molecule has 1 N–H and O–H groups in total. The summed E-state index contributed by atoms with van der Waals surface area (Å²) in [6.45, 7) is 4.80. The molecule has 0 fully saturated rings. The summed E-state index contributed by atoms with van der Waals surface area (Å²) in [7, 11) is 3.41. The third-order valence-electron chi connectivity index (χ3n) is 2.99. The van der Waals surface area contributed by atoms with Gasteiger partial charge in [0.25, 0.3) is 0 Å². The Morgan fingerprint density at radius 2 is 1.60 bits per heavy atom. The van der Waals surface area contributed by atoms with E-state index in [1.54, 1.807) is 14.2 Å². The topological polar surface area (TPSA) is 39.7 Å². The zero-order valence-electron chi connectivity index (χ0n) is 12.7. The maximum atomic E-state index is 5.41. The van der Waals surface area contributed by atoms with Crippen LogP contribution in [0.1, 0.15) is 24.0 Å². The average Bonchev–Trinajstić information content (AvgIpc) is 2.47. The molecule has 0 unspecified atom stereocenters. The van der Waals surface area contributed by atoms with Gasteiger partial charge in [-0.3, -0.25) is 0 Å². The third-order valence-corrected chi connectivity index (χ3v) is 2.99. The predicted molar refractivity (Wildman–Crippen MR) is 80.8 cm³/mol. The fraction of sp³-hybridized carbons (Fsp3) is 0.625. The number of hydrogen-bond acceptors (Lipinski definition) is 4. The zero-order valence-corrected chi connectivity index (χ0v) is 12.7. The van der Waals surface area contributed by atoms with Gasteiger partial charge in [0.15, 0.2) is 0 Å². The van der Waals surface area contributed by atoms with Crippen LogP contribution in [0.3, 0.4) is 0 Å². The first-order valence-corrected chi connectivity index (χ1v) is 7.21. The van der Waals surface area contributed by atoms with E-state index in [9.17, 15) is 0 Å². The summed E-state index contributed by atoms with van der Waals surface area (Å²) in [4.78, 5) is 0. The maximum absolute atomic E-state index is 5.41. The lowest BCUT2D eigenvalue weighted by molar-refractivity contribution is 0.0688. The van der Waals surface area contributed by atoms with Gasteiger partial charge in [0.2, 0.25) is 0 Å². The van der Waals surface area contributed by atoms with Gasteiger partial charge in [-0.05, 0) is 30.5 Å². The predicted octanol–water partition coefficient (Wildman–Crippen LogP) is 2.37. The minimum Gasteiger partial charge on any atom is -0.382 e. The molecule has 0 amide bonds. The summed E-state index contributed by atoms with van der Waals surface area (Å²) in [6, 6.07) is 8.53. The van der Waals surface area contributed by atoms with Crippen molar-refractivity contribution in [3.63, 3.8) is 0 Å². The van der Waals surface area contributed by atoms with E-state index >= 15 is 0 Å². The zero-order chi connectivity index (χ0) is 14.5. The van der Waals surface area contributed by atoms with Crippen LogP contribution in [0, 0.1) is 0 Å². The maximum Gasteiger partial charge on any atom is 0.0713 e. The van der Waals surface area contributed by atoms with E-state index in [2.05, 4.69) is 29.6 Å². The summed E-state index contributed by atoms with van der Waals surface area (Å²) >= 11 is 0. The second-order valence-electron chi connectivity index (χ2n) is 4.74. The summed E-state index contributed by atoms with van der Waals surface area (Å²) in [5.41, 5.74) is 2.52. The van der Waals surface area contributed by atoms with Crippen molar-refractivity contribution < 1.29 is 14.2 Å². The highest BCUT2D eigenvalue weighted by atomic mass is 16.5. The second-order valence-corrected chi connectivity index (χ2v) is 4.74. The Morgan fingerprint density at radius 3 is 2.30 bits per heavy atom. The molecule has 0 bridgehead atoms. The van der Waals surface area contributed by atoms with Gasteiger partial charge in [-0.2, -0.15) is 0 Å². The highest BCUT2D eigenvalue weighted by Crippen LogP contribution is 2.05. The molecule has 1 rings (SSSR count). The molecule has 0 saturated carbocycles. The van der Waals surface area contributed by atoms with Crippen molar-refractivity contribution in [2.75, 3.05) is 40.6 Å². The van der Waals surface area contributed by atoms with Crippen molar-refractivity contribution in [2.45, 2.75) is 26.0 Å². The van der Waals surface area contributed by atoms with Gasteiger partial charge in [0.1, 0.15) is 0 Å². The molecule has 0 atom stereocenters. The minimum atomic E-state index is 0.677. The second kappa shape index (κ2) is 11.9. The largest absolute Gasteiger partial charge is 0.382 e. The van der Waals surface area contributed by atoms with Crippen molar-refractivity contribution in [1.29, 1.82) is 0 Å². The van der Waals surface area contributed by atoms with Crippen LogP contribution in [0.4, 0.5) is 0 Å². The van der Waals surface area contributed by atoms with Gasteiger partial charge in [-0.1, -0.05) is 24.3 Å². The van der Waals surface area contributed by atoms with Gasteiger partial charge in [0.05, 0.1) is 19.8 Å². The van der Waals surface area contributed by atoms with E-state index < -0.39 is 0 Å². The van der Waals surface area contributed by atoms with Gasteiger partial charge in [0, 0.05) is 27.4 Å². The molecule has 0 aliphatic heterocycles. The van der Waals surface area contributed by atoms with E-state index in [0.717, 1.165) is 32.5 Å². The van der Waals surface area contributed by atoms with E-state index in [1.807, 2.05) is 0 Å². The molecule has 0 aliphatic carbocycles. The summed E-state index contributed by atoms with van der Waals surface area (Å²) in [6.07, 6.45) is 2.22. The molecule has 20 heavy (non-hydrogen) atoms. The summed E-state index contributed by atoms with van der Waals surface area (Å²) < 4.78 is 15.4.